The fourth-order valence-corrected chi connectivity index (χ4v) is 4.27. The van der Waals surface area contributed by atoms with Crippen LogP contribution in [0.4, 0.5) is 5.69 Å². The maximum atomic E-state index is 12.1. The number of hydrogen-bond acceptors (Lipinski definition) is 4. The summed E-state index contributed by atoms with van der Waals surface area (Å²) in [6.07, 6.45) is 1.43. The van der Waals surface area contributed by atoms with Crippen LogP contribution in [-0.4, -0.2) is 22.9 Å². The molecule has 0 unspecified atom stereocenters. The SMILES string of the molecule is CC(C)NS(=O)(=O)c1ccc(NS(=O)(=O)/C=C/c2ccc(Cl)cc2)cc1. The third kappa shape index (κ3) is 6.14. The van der Waals surface area contributed by atoms with E-state index in [4.69, 9.17) is 11.6 Å². The lowest BCUT2D eigenvalue weighted by molar-refractivity contribution is 0.570. The van der Waals surface area contributed by atoms with E-state index in [1.165, 1.54) is 30.3 Å². The largest absolute Gasteiger partial charge is 0.280 e. The van der Waals surface area contributed by atoms with Crippen molar-refractivity contribution in [2.45, 2.75) is 24.8 Å². The van der Waals surface area contributed by atoms with Crippen molar-refractivity contribution in [3.8, 4) is 0 Å². The fourth-order valence-electron chi connectivity index (χ4n) is 2.02. The minimum absolute atomic E-state index is 0.0610. The molecule has 0 aliphatic heterocycles. The maximum Gasteiger partial charge on any atom is 0.255 e. The molecule has 26 heavy (non-hydrogen) atoms. The summed E-state index contributed by atoms with van der Waals surface area (Å²) in [5.41, 5.74) is 0.940. The van der Waals surface area contributed by atoms with Crippen molar-refractivity contribution in [2.24, 2.45) is 0 Å². The molecule has 0 aliphatic carbocycles. The topological polar surface area (TPSA) is 92.3 Å². The second-order valence-corrected chi connectivity index (χ2v) is 9.52. The summed E-state index contributed by atoms with van der Waals surface area (Å²) in [5.74, 6) is 0. The number of hydrogen-bond donors (Lipinski definition) is 2. The summed E-state index contributed by atoms with van der Waals surface area (Å²) in [7, 11) is -7.36. The predicted octanol–water partition coefficient (Wildman–Crippen LogP) is 3.44. The summed E-state index contributed by atoms with van der Waals surface area (Å²) < 4.78 is 53.2. The van der Waals surface area contributed by atoms with Crippen molar-refractivity contribution in [2.75, 3.05) is 4.72 Å². The molecule has 0 saturated heterocycles. The second kappa shape index (κ2) is 8.22. The van der Waals surface area contributed by atoms with Gasteiger partial charge in [-0.1, -0.05) is 23.7 Å². The first-order chi connectivity index (χ1) is 12.1. The zero-order valence-corrected chi connectivity index (χ0v) is 16.6. The summed E-state index contributed by atoms with van der Waals surface area (Å²) in [6, 6.07) is 11.9. The maximum absolute atomic E-state index is 12.1. The van der Waals surface area contributed by atoms with E-state index < -0.39 is 20.0 Å². The lowest BCUT2D eigenvalue weighted by Gasteiger charge is -2.10. The summed E-state index contributed by atoms with van der Waals surface area (Å²) >= 11 is 5.78. The zero-order chi connectivity index (χ0) is 19.4. The average Bonchev–Trinajstić information content (AvgIpc) is 2.53. The molecule has 2 N–H and O–H groups in total. The number of benzene rings is 2. The molecule has 0 amide bonds. The van der Waals surface area contributed by atoms with Crippen molar-refractivity contribution in [1.29, 1.82) is 0 Å². The molecule has 0 radical (unpaired) electrons. The number of rotatable bonds is 7. The quantitative estimate of drug-likeness (QED) is 0.725. The van der Waals surface area contributed by atoms with Gasteiger partial charge in [0.1, 0.15) is 0 Å². The molecule has 0 atom stereocenters. The molecule has 0 heterocycles. The standard InChI is InChI=1S/C17H19ClN2O4S2/c1-13(2)19-26(23,24)17-9-7-16(8-10-17)20-25(21,22)12-11-14-3-5-15(18)6-4-14/h3-13,19-20H,1-2H3/b12-11+. The van der Waals surface area contributed by atoms with Crippen LogP contribution in [0.15, 0.2) is 58.8 Å². The Morgan fingerprint density at radius 2 is 1.50 bits per heavy atom. The second-order valence-electron chi connectivity index (χ2n) is 5.80. The molecule has 140 valence electrons. The van der Waals surface area contributed by atoms with E-state index in [0.717, 1.165) is 5.41 Å². The number of nitrogens with one attached hydrogen (secondary N) is 2. The van der Waals surface area contributed by atoms with Crippen molar-refractivity contribution in [3.63, 3.8) is 0 Å². The first kappa shape index (κ1) is 20.4. The van der Waals surface area contributed by atoms with Crippen molar-refractivity contribution < 1.29 is 16.8 Å². The van der Waals surface area contributed by atoms with E-state index in [1.54, 1.807) is 38.1 Å². The van der Waals surface area contributed by atoms with Crippen LogP contribution in [0.5, 0.6) is 0 Å². The Labute approximate surface area is 159 Å². The average molecular weight is 415 g/mol. The van der Waals surface area contributed by atoms with E-state index in [2.05, 4.69) is 9.44 Å². The molecule has 0 saturated carbocycles. The van der Waals surface area contributed by atoms with E-state index in [1.807, 2.05) is 0 Å². The van der Waals surface area contributed by atoms with E-state index in [9.17, 15) is 16.8 Å². The molecule has 2 aromatic rings. The van der Waals surface area contributed by atoms with Crippen molar-refractivity contribution in [3.05, 3.63) is 64.5 Å². The highest BCUT2D eigenvalue weighted by atomic mass is 35.5. The minimum Gasteiger partial charge on any atom is -0.280 e. The van der Waals surface area contributed by atoms with Crippen molar-refractivity contribution in [1.82, 2.24) is 4.72 Å². The monoisotopic (exact) mass is 414 g/mol. The van der Waals surface area contributed by atoms with Gasteiger partial charge in [0.15, 0.2) is 0 Å². The lowest BCUT2D eigenvalue weighted by atomic mass is 10.2. The van der Waals surface area contributed by atoms with Crippen LogP contribution in [-0.2, 0) is 20.0 Å². The van der Waals surface area contributed by atoms with Crippen LogP contribution in [0.2, 0.25) is 5.02 Å². The molecule has 9 heteroatoms. The predicted molar refractivity (Wildman–Crippen MR) is 105 cm³/mol. The van der Waals surface area contributed by atoms with Gasteiger partial charge in [-0.05, 0) is 61.9 Å². The van der Waals surface area contributed by atoms with Crippen LogP contribution in [0.25, 0.3) is 6.08 Å². The molecule has 0 bridgehead atoms. The highest BCUT2D eigenvalue weighted by Crippen LogP contribution is 2.17. The molecular formula is C17H19ClN2O4S2. The van der Waals surface area contributed by atoms with Gasteiger partial charge in [-0.25, -0.2) is 21.6 Å². The zero-order valence-electron chi connectivity index (χ0n) is 14.2. The minimum atomic E-state index is -3.74. The van der Waals surface area contributed by atoms with Crippen LogP contribution < -0.4 is 9.44 Å². The molecule has 2 aromatic carbocycles. The Bertz CT molecular complexity index is 982. The number of sulfonamides is 2. The highest BCUT2D eigenvalue weighted by Gasteiger charge is 2.15. The third-order valence-corrected chi connectivity index (χ3v) is 6.07. The van der Waals surface area contributed by atoms with Crippen molar-refractivity contribution >= 4 is 43.4 Å². The van der Waals surface area contributed by atoms with Crippen LogP contribution >= 0.6 is 11.6 Å². The molecular weight excluding hydrogens is 396 g/mol. The normalized spacial score (nSPS) is 12.6. The smallest absolute Gasteiger partial charge is 0.255 e. The summed E-state index contributed by atoms with van der Waals surface area (Å²) in [5, 5.41) is 1.59. The van der Waals surface area contributed by atoms with Gasteiger partial charge < -0.3 is 0 Å². The van der Waals surface area contributed by atoms with E-state index >= 15 is 0 Å². The first-order valence-electron chi connectivity index (χ1n) is 7.66. The van der Waals surface area contributed by atoms with Gasteiger partial charge in [-0.2, -0.15) is 0 Å². The third-order valence-electron chi connectivity index (χ3n) is 3.13. The number of anilines is 1. The Hall–Kier alpha value is -1.87. The van der Waals surface area contributed by atoms with Crippen LogP contribution in [0.3, 0.4) is 0 Å². The number of halogens is 1. The Balaban J connectivity index is 2.11. The van der Waals surface area contributed by atoms with Gasteiger partial charge >= 0.3 is 0 Å². The van der Waals surface area contributed by atoms with Gasteiger partial charge in [0.05, 0.1) is 10.3 Å². The highest BCUT2D eigenvalue weighted by molar-refractivity contribution is 7.95. The first-order valence-corrected chi connectivity index (χ1v) is 11.1. The molecule has 0 spiro atoms. The molecule has 0 aliphatic rings. The van der Waals surface area contributed by atoms with E-state index in [-0.39, 0.29) is 16.6 Å². The van der Waals surface area contributed by atoms with Crippen LogP contribution in [0.1, 0.15) is 19.4 Å². The lowest BCUT2D eigenvalue weighted by Crippen LogP contribution is -2.30. The molecule has 0 fully saturated rings. The summed E-state index contributed by atoms with van der Waals surface area (Å²) in [4.78, 5) is 0.0610. The Kier molecular flexibility index (Phi) is 6.46. The molecule has 0 aromatic heterocycles. The van der Waals surface area contributed by atoms with Gasteiger partial charge in [-0.3, -0.25) is 4.72 Å². The van der Waals surface area contributed by atoms with Crippen LogP contribution in [0, 0.1) is 0 Å². The Morgan fingerprint density at radius 3 is 2.04 bits per heavy atom. The molecule has 6 nitrogen and oxygen atoms in total. The van der Waals surface area contributed by atoms with Gasteiger partial charge in [-0.15, -0.1) is 0 Å². The van der Waals surface area contributed by atoms with Gasteiger partial charge in [0.2, 0.25) is 10.0 Å². The molecule has 2 rings (SSSR count). The Morgan fingerprint density at radius 1 is 0.923 bits per heavy atom. The van der Waals surface area contributed by atoms with E-state index in [0.29, 0.717) is 10.6 Å². The van der Waals surface area contributed by atoms with Gasteiger partial charge in [0, 0.05) is 16.8 Å². The summed E-state index contributed by atoms with van der Waals surface area (Å²) in [6.45, 7) is 3.43. The fraction of sp³-hybridized carbons (Fsp3) is 0.176. The van der Waals surface area contributed by atoms with Gasteiger partial charge in [0.25, 0.3) is 10.0 Å².